The van der Waals surface area contributed by atoms with Crippen LogP contribution in [0.1, 0.15) is 28.4 Å². The van der Waals surface area contributed by atoms with Crippen LogP contribution in [0.2, 0.25) is 0 Å². The minimum atomic E-state index is -0.153. The third-order valence-corrected chi connectivity index (χ3v) is 4.20. The lowest BCUT2D eigenvalue weighted by Crippen LogP contribution is -2.24. The van der Waals surface area contributed by atoms with Crippen molar-refractivity contribution in [2.24, 2.45) is 0 Å². The predicted molar refractivity (Wildman–Crippen MR) is 83.1 cm³/mol. The molecule has 0 bridgehead atoms. The molecule has 0 aromatic carbocycles. The zero-order valence-electron chi connectivity index (χ0n) is 12.5. The van der Waals surface area contributed by atoms with Crippen LogP contribution in [-0.4, -0.2) is 24.5 Å². The van der Waals surface area contributed by atoms with Crippen molar-refractivity contribution in [1.82, 2.24) is 4.90 Å². The number of carbonyl (C=O) groups excluding carboxylic acids is 1. The number of carbonyl (C=O) groups is 1. The van der Waals surface area contributed by atoms with E-state index in [0.717, 1.165) is 31.8 Å². The van der Waals surface area contributed by atoms with Crippen molar-refractivity contribution >= 4 is 17.3 Å². The summed E-state index contributed by atoms with van der Waals surface area (Å²) in [7, 11) is 1.43. The highest BCUT2D eigenvalue weighted by atomic mass is 32.1. The Morgan fingerprint density at radius 2 is 2.19 bits per heavy atom. The van der Waals surface area contributed by atoms with E-state index in [-0.39, 0.29) is 5.97 Å². The number of hydrogen-bond acceptors (Lipinski definition) is 5. The van der Waals surface area contributed by atoms with Crippen molar-refractivity contribution in [3.63, 3.8) is 0 Å². The Morgan fingerprint density at radius 3 is 2.81 bits per heavy atom. The zero-order chi connectivity index (χ0) is 15.1. The Morgan fingerprint density at radius 1 is 1.33 bits per heavy atom. The Kier molecular flexibility index (Phi) is 6.02. The highest BCUT2D eigenvalue weighted by Crippen LogP contribution is 2.19. The number of rotatable bonds is 8. The predicted octanol–water partition coefficient (Wildman–Crippen LogP) is 3.60. The van der Waals surface area contributed by atoms with Crippen molar-refractivity contribution in [2.75, 3.05) is 13.7 Å². The van der Waals surface area contributed by atoms with Crippen LogP contribution in [0.5, 0.6) is 0 Å². The Labute approximate surface area is 129 Å². The summed E-state index contributed by atoms with van der Waals surface area (Å²) in [5, 5.41) is 0. The van der Waals surface area contributed by atoms with Gasteiger partial charge in [-0.05, 0) is 44.2 Å². The first-order chi connectivity index (χ1) is 10.2. The maximum absolute atomic E-state index is 11.2. The Hall–Kier alpha value is -1.59. The lowest BCUT2D eigenvalue weighted by atomic mass is 10.2. The topological polar surface area (TPSA) is 42.7 Å². The van der Waals surface area contributed by atoms with Gasteiger partial charge in [-0.1, -0.05) is 0 Å². The molecule has 5 heteroatoms. The van der Waals surface area contributed by atoms with Gasteiger partial charge in [-0.2, -0.15) is 0 Å². The van der Waals surface area contributed by atoms with E-state index in [1.165, 1.54) is 16.9 Å². The van der Waals surface area contributed by atoms with Crippen LogP contribution < -0.4 is 0 Å². The fourth-order valence-electron chi connectivity index (χ4n) is 2.18. The average Bonchev–Trinajstić information content (AvgIpc) is 3.10. The molecule has 0 N–H and O–H groups in total. The molecule has 0 spiro atoms. The van der Waals surface area contributed by atoms with Gasteiger partial charge in [0.05, 0.1) is 19.9 Å². The van der Waals surface area contributed by atoms with E-state index in [1.807, 2.05) is 23.5 Å². The summed E-state index contributed by atoms with van der Waals surface area (Å²) in [6.45, 7) is 4.58. The van der Waals surface area contributed by atoms with E-state index in [9.17, 15) is 4.79 Å². The highest BCUT2D eigenvalue weighted by Gasteiger charge is 2.11. The second-order valence-corrected chi connectivity index (χ2v) is 6.35. The van der Waals surface area contributed by atoms with Crippen LogP contribution in [-0.2, 0) is 22.6 Å². The molecule has 0 aliphatic rings. The maximum atomic E-state index is 11.2. The lowest BCUT2D eigenvalue weighted by Gasteiger charge is -2.20. The summed E-state index contributed by atoms with van der Waals surface area (Å²) in [4.78, 5) is 16.2. The number of esters is 1. The Balaban J connectivity index is 1.91. The van der Waals surface area contributed by atoms with Crippen molar-refractivity contribution in [3.8, 4) is 0 Å². The van der Waals surface area contributed by atoms with Gasteiger partial charge in [0.15, 0.2) is 0 Å². The van der Waals surface area contributed by atoms with Gasteiger partial charge in [-0.3, -0.25) is 9.69 Å². The van der Waals surface area contributed by atoms with Gasteiger partial charge in [-0.15, -0.1) is 11.3 Å². The molecule has 114 valence electrons. The molecule has 0 fully saturated rings. The van der Waals surface area contributed by atoms with Gasteiger partial charge in [0.25, 0.3) is 0 Å². The van der Waals surface area contributed by atoms with Gasteiger partial charge < -0.3 is 9.15 Å². The van der Waals surface area contributed by atoms with Gasteiger partial charge >= 0.3 is 5.97 Å². The second-order valence-electron chi connectivity index (χ2n) is 4.98. The van der Waals surface area contributed by atoms with Crippen LogP contribution in [0.3, 0.4) is 0 Å². The van der Waals surface area contributed by atoms with Gasteiger partial charge in [-0.25, -0.2) is 0 Å². The minimum Gasteiger partial charge on any atom is -0.469 e. The summed E-state index contributed by atoms with van der Waals surface area (Å²) < 4.78 is 10.1. The molecule has 0 aliphatic carbocycles. The summed E-state index contributed by atoms with van der Waals surface area (Å²) in [6.07, 6.45) is 2.93. The standard InChI is InChI=1S/C16H21NO3S/c1-13-7-8-15(21-13)12-17(9-3-6-16(18)19-2)11-14-5-4-10-20-14/h4-5,7-8,10H,3,6,9,11-12H2,1-2H3. The zero-order valence-corrected chi connectivity index (χ0v) is 13.3. The van der Waals surface area contributed by atoms with Crippen molar-refractivity contribution < 1.29 is 13.9 Å². The van der Waals surface area contributed by atoms with Gasteiger partial charge in [0.2, 0.25) is 0 Å². The van der Waals surface area contributed by atoms with Crippen molar-refractivity contribution in [1.29, 1.82) is 0 Å². The van der Waals surface area contributed by atoms with Gasteiger partial charge in [0, 0.05) is 22.7 Å². The third-order valence-electron chi connectivity index (χ3n) is 3.22. The molecule has 0 radical (unpaired) electrons. The summed E-state index contributed by atoms with van der Waals surface area (Å²) in [5.41, 5.74) is 0. The van der Waals surface area contributed by atoms with E-state index in [0.29, 0.717) is 6.42 Å². The summed E-state index contributed by atoms with van der Waals surface area (Å²) >= 11 is 1.81. The molecule has 2 aromatic rings. The largest absolute Gasteiger partial charge is 0.469 e. The number of hydrogen-bond donors (Lipinski definition) is 0. The van der Waals surface area contributed by atoms with Crippen LogP contribution >= 0.6 is 11.3 Å². The van der Waals surface area contributed by atoms with E-state index >= 15 is 0 Å². The first-order valence-corrected chi connectivity index (χ1v) is 7.86. The summed E-state index contributed by atoms with van der Waals surface area (Å²) in [6, 6.07) is 8.18. The molecule has 0 aliphatic heterocycles. The molecular weight excluding hydrogens is 286 g/mol. The summed E-state index contributed by atoms with van der Waals surface area (Å²) in [5.74, 6) is 0.793. The maximum Gasteiger partial charge on any atom is 0.305 e. The van der Waals surface area contributed by atoms with E-state index in [1.54, 1.807) is 6.26 Å². The molecule has 4 nitrogen and oxygen atoms in total. The number of thiophene rings is 1. The molecule has 0 atom stereocenters. The third kappa shape index (κ3) is 5.36. The van der Waals surface area contributed by atoms with E-state index in [4.69, 9.17) is 4.42 Å². The SMILES string of the molecule is COC(=O)CCCN(Cc1ccco1)Cc1ccc(C)s1. The molecule has 0 saturated carbocycles. The van der Waals surface area contributed by atoms with Crippen molar-refractivity contribution in [3.05, 3.63) is 46.0 Å². The number of aryl methyl sites for hydroxylation is 1. The molecule has 21 heavy (non-hydrogen) atoms. The number of nitrogens with zero attached hydrogens (tertiary/aromatic N) is 1. The van der Waals surface area contributed by atoms with E-state index in [2.05, 4.69) is 28.7 Å². The average molecular weight is 307 g/mol. The number of methoxy groups -OCH3 is 1. The number of ether oxygens (including phenoxy) is 1. The molecule has 0 amide bonds. The first-order valence-electron chi connectivity index (χ1n) is 7.04. The van der Waals surface area contributed by atoms with Crippen molar-refractivity contribution in [2.45, 2.75) is 32.9 Å². The quantitative estimate of drug-likeness (QED) is 0.699. The molecule has 2 aromatic heterocycles. The van der Waals surface area contributed by atoms with Crippen LogP contribution in [0, 0.1) is 6.92 Å². The van der Waals surface area contributed by atoms with Crippen LogP contribution in [0.4, 0.5) is 0 Å². The number of furan rings is 1. The van der Waals surface area contributed by atoms with Crippen LogP contribution in [0.15, 0.2) is 34.9 Å². The lowest BCUT2D eigenvalue weighted by molar-refractivity contribution is -0.140. The first kappa shape index (κ1) is 15.8. The minimum absolute atomic E-state index is 0.153. The molecule has 0 unspecified atom stereocenters. The highest BCUT2D eigenvalue weighted by molar-refractivity contribution is 7.11. The molecular formula is C16H21NO3S. The smallest absolute Gasteiger partial charge is 0.305 e. The second kappa shape index (κ2) is 8.00. The normalized spacial score (nSPS) is 11.0. The molecule has 2 heterocycles. The fraction of sp³-hybridized carbons (Fsp3) is 0.438. The molecule has 2 rings (SSSR count). The monoisotopic (exact) mass is 307 g/mol. The Bertz CT molecular complexity index is 548. The van der Waals surface area contributed by atoms with Gasteiger partial charge in [0.1, 0.15) is 5.76 Å². The van der Waals surface area contributed by atoms with E-state index < -0.39 is 0 Å². The van der Waals surface area contributed by atoms with Crippen LogP contribution in [0.25, 0.3) is 0 Å². The molecule has 0 saturated heterocycles. The fourth-order valence-corrected chi connectivity index (χ4v) is 3.11.